The van der Waals surface area contributed by atoms with Gasteiger partial charge in [-0.25, -0.2) is 0 Å². The van der Waals surface area contributed by atoms with Crippen LogP contribution in [0.3, 0.4) is 0 Å². The van der Waals surface area contributed by atoms with Gasteiger partial charge in [0.2, 0.25) is 0 Å². The van der Waals surface area contributed by atoms with Gasteiger partial charge in [-0.2, -0.15) is 0 Å². The number of oxime groups is 1. The van der Waals surface area contributed by atoms with E-state index in [0.29, 0.717) is 0 Å². The summed E-state index contributed by atoms with van der Waals surface area (Å²) in [6, 6.07) is 17.8. The van der Waals surface area contributed by atoms with Gasteiger partial charge >= 0.3 is 0 Å². The summed E-state index contributed by atoms with van der Waals surface area (Å²) in [5.74, 6) is 0.735. The average molecular weight is 282 g/mol. The third kappa shape index (κ3) is 3.83. The van der Waals surface area contributed by atoms with Crippen LogP contribution in [-0.2, 0) is 4.74 Å². The molecule has 0 amide bonds. The molecule has 0 aliphatic carbocycles. The van der Waals surface area contributed by atoms with E-state index in [1.807, 2.05) is 42.5 Å². The Morgan fingerprint density at radius 2 is 1.67 bits per heavy atom. The van der Waals surface area contributed by atoms with E-state index < -0.39 is 0 Å². The lowest BCUT2D eigenvalue weighted by molar-refractivity contribution is 0.122. The molecule has 1 aliphatic rings. The molecule has 0 bridgehead atoms. The molecule has 1 heterocycles. The first kappa shape index (κ1) is 13.6. The van der Waals surface area contributed by atoms with Crippen molar-refractivity contribution in [3.05, 3.63) is 60.2 Å². The Labute approximate surface area is 124 Å². The molecule has 0 atom stereocenters. The zero-order valence-corrected chi connectivity index (χ0v) is 11.8. The molecule has 108 valence electrons. The maximum Gasteiger partial charge on any atom is 0.157 e. The second-order valence-corrected chi connectivity index (χ2v) is 4.83. The van der Waals surface area contributed by atoms with Crippen LogP contribution in [0.4, 0.5) is 5.69 Å². The fraction of sp³-hybridized carbons (Fsp3) is 0.235. The van der Waals surface area contributed by atoms with E-state index >= 15 is 0 Å². The third-order valence-electron chi connectivity index (χ3n) is 3.37. The first-order valence-electron chi connectivity index (χ1n) is 7.10. The molecule has 4 heteroatoms. The number of para-hydroxylation sites is 1. The second-order valence-electron chi connectivity index (χ2n) is 4.83. The molecular formula is C17H18N2O2. The molecule has 0 N–H and O–H groups in total. The van der Waals surface area contributed by atoms with E-state index in [4.69, 9.17) is 9.57 Å². The largest absolute Gasteiger partial charge is 0.378 e. The number of nitrogens with zero attached hydrogens (tertiary/aromatic N) is 2. The van der Waals surface area contributed by atoms with Gasteiger partial charge in [-0.15, -0.1) is 0 Å². The summed E-state index contributed by atoms with van der Waals surface area (Å²) in [7, 11) is 0. The molecular weight excluding hydrogens is 264 g/mol. The van der Waals surface area contributed by atoms with Crippen molar-refractivity contribution in [2.75, 3.05) is 31.2 Å². The molecule has 1 saturated heterocycles. The zero-order valence-electron chi connectivity index (χ0n) is 11.8. The minimum Gasteiger partial charge on any atom is -0.378 e. The van der Waals surface area contributed by atoms with Crippen molar-refractivity contribution in [2.45, 2.75) is 0 Å². The van der Waals surface area contributed by atoms with Crippen LogP contribution in [0.2, 0.25) is 0 Å². The number of ether oxygens (including phenoxy) is 1. The minimum absolute atomic E-state index is 0.735. The highest BCUT2D eigenvalue weighted by molar-refractivity contribution is 5.80. The highest BCUT2D eigenvalue weighted by Crippen LogP contribution is 2.16. The minimum atomic E-state index is 0.735. The summed E-state index contributed by atoms with van der Waals surface area (Å²) in [6.07, 6.45) is 1.72. The number of morpholine rings is 1. The smallest absolute Gasteiger partial charge is 0.157 e. The summed E-state index contributed by atoms with van der Waals surface area (Å²) in [5, 5.41) is 4.00. The van der Waals surface area contributed by atoms with Crippen LogP contribution in [-0.4, -0.2) is 32.5 Å². The fourth-order valence-electron chi connectivity index (χ4n) is 2.22. The van der Waals surface area contributed by atoms with Gasteiger partial charge in [-0.05, 0) is 29.8 Å². The second kappa shape index (κ2) is 6.90. The zero-order chi connectivity index (χ0) is 14.3. The predicted molar refractivity (Wildman–Crippen MR) is 84.1 cm³/mol. The van der Waals surface area contributed by atoms with Crippen molar-refractivity contribution in [3.8, 4) is 5.75 Å². The summed E-state index contributed by atoms with van der Waals surface area (Å²) < 4.78 is 5.36. The number of anilines is 1. The van der Waals surface area contributed by atoms with Crippen LogP contribution < -0.4 is 9.74 Å². The molecule has 0 radical (unpaired) electrons. The molecule has 3 rings (SSSR count). The first-order valence-corrected chi connectivity index (χ1v) is 7.10. The highest BCUT2D eigenvalue weighted by Gasteiger charge is 2.10. The molecule has 1 fully saturated rings. The van der Waals surface area contributed by atoms with Gasteiger partial charge in [0.25, 0.3) is 0 Å². The predicted octanol–water partition coefficient (Wildman–Crippen LogP) is 2.94. The lowest BCUT2D eigenvalue weighted by Gasteiger charge is -2.28. The Bertz CT molecular complexity index is 575. The van der Waals surface area contributed by atoms with Gasteiger partial charge in [-0.1, -0.05) is 35.5 Å². The van der Waals surface area contributed by atoms with E-state index in [-0.39, 0.29) is 0 Å². The van der Waals surface area contributed by atoms with E-state index in [1.165, 1.54) is 5.69 Å². The summed E-state index contributed by atoms with van der Waals surface area (Å²) in [6.45, 7) is 3.50. The first-order chi connectivity index (χ1) is 10.4. The van der Waals surface area contributed by atoms with Gasteiger partial charge in [0, 0.05) is 18.8 Å². The Morgan fingerprint density at radius 1 is 0.952 bits per heavy atom. The average Bonchev–Trinajstić information content (AvgIpc) is 2.57. The standard InChI is InChI=1S/C17H18N2O2/c1-2-4-17(5-3-1)21-18-14-15-6-8-16(9-7-15)19-10-12-20-13-11-19/h1-9,14H,10-13H2. The van der Waals surface area contributed by atoms with Crippen LogP contribution in [0.25, 0.3) is 0 Å². The monoisotopic (exact) mass is 282 g/mol. The van der Waals surface area contributed by atoms with Gasteiger partial charge in [0.15, 0.2) is 5.75 Å². The molecule has 4 nitrogen and oxygen atoms in total. The topological polar surface area (TPSA) is 34.1 Å². The molecule has 0 saturated carbocycles. The van der Waals surface area contributed by atoms with Gasteiger partial charge in [0.1, 0.15) is 0 Å². The van der Waals surface area contributed by atoms with Crippen LogP contribution >= 0.6 is 0 Å². The van der Waals surface area contributed by atoms with Crippen molar-refractivity contribution in [3.63, 3.8) is 0 Å². The van der Waals surface area contributed by atoms with Crippen LogP contribution in [0.5, 0.6) is 5.75 Å². The highest BCUT2D eigenvalue weighted by atomic mass is 16.6. The number of rotatable bonds is 4. The van der Waals surface area contributed by atoms with E-state index in [2.05, 4.69) is 22.2 Å². The molecule has 0 spiro atoms. The van der Waals surface area contributed by atoms with Crippen LogP contribution in [0.15, 0.2) is 59.8 Å². The summed E-state index contributed by atoms with van der Waals surface area (Å²) in [5.41, 5.74) is 2.24. The summed E-state index contributed by atoms with van der Waals surface area (Å²) in [4.78, 5) is 7.62. The molecule has 2 aromatic rings. The fourth-order valence-corrected chi connectivity index (χ4v) is 2.22. The quantitative estimate of drug-likeness (QED) is 0.638. The van der Waals surface area contributed by atoms with Gasteiger partial charge in [-0.3, -0.25) is 0 Å². The molecule has 1 aliphatic heterocycles. The van der Waals surface area contributed by atoms with Crippen molar-refractivity contribution in [2.24, 2.45) is 5.16 Å². The van der Waals surface area contributed by atoms with E-state index in [1.54, 1.807) is 6.21 Å². The number of benzene rings is 2. The molecule has 21 heavy (non-hydrogen) atoms. The van der Waals surface area contributed by atoms with Crippen molar-refractivity contribution < 1.29 is 9.57 Å². The number of hydrogen-bond acceptors (Lipinski definition) is 4. The van der Waals surface area contributed by atoms with Crippen molar-refractivity contribution in [1.29, 1.82) is 0 Å². The third-order valence-corrected chi connectivity index (χ3v) is 3.37. The summed E-state index contributed by atoms with van der Waals surface area (Å²) >= 11 is 0. The molecule has 2 aromatic carbocycles. The lowest BCUT2D eigenvalue weighted by atomic mass is 10.2. The van der Waals surface area contributed by atoms with Crippen LogP contribution in [0, 0.1) is 0 Å². The SMILES string of the molecule is C(=NOc1ccccc1)c1ccc(N2CCOCC2)cc1. The van der Waals surface area contributed by atoms with Crippen molar-refractivity contribution >= 4 is 11.9 Å². The van der Waals surface area contributed by atoms with E-state index in [0.717, 1.165) is 37.6 Å². The molecule has 0 unspecified atom stereocenters. The maximum atomic E-state index is 5.36. The Kier molecular flexibility index (Phi) is 4.49. The van der Waals surface area contributed by atoms with Crippen LogP contribution in [0.1, 0.15) is 5.56 Å². The van der Waals surface area contributed by atoms with Gasteiger partial charge in [0.05, 0.1) is 19.4 Å². The van der Waals surface area contributed by atoms with Crippen molar-refractivity contribution in [1.82, 2.24) is 0 Å². The normalized spacial score (nSPS) is 15.3. The maximum absolute atomic E-state index is 5.36. The Morgan fingerprint density at radius 3 is 2.38 bits per heavy atom. The molecule has 0 aromatic heterocycles. The Balaban J connectivity index is 1.59. The van der Waals surface area contributed by atoms with Gasteiger partial charge < -0.3 is 14.5 Å². The van der Waals surface area contributed by atoms with E-state index in [9.17, 15) is 0 Å². The Hall–Kier alpha value is -2.33. The lowest BCUT2D eigenvalue weighted by Crippen LogP contribution is -2.36. The number of hydrogen-bond donors (Lipinski definition) is 0.